The molecule has 1 aliphatic carbocycles. The number of nitro groups is 1. The monoisotopic (exact) mass is 334 g/mol. The molecule has 0 bridgehead atoms. The minimum atomic E-state index is -0.389. The molecule has 122 valence electrons. The molecule has 0 amide bonds. The predicted octanol–water partition coefficient (Wildman–Crippen LogP) is 3.18. The van der Waals surface area contributed by atoms with Crippen LogP contribution in [0, 0.1) is 23.0 Å². The van der Waals surface area contributed by atoms with Crippen molar-refractivity contribution < 1.29 is 9.66 Å². The zero-order valence-electron chi connectivity index (χ0n) is 13.1. The van der Waals surface area contributed by atoms with Crippen molar-refractivity contribution in [2.24, 2.45) is 5.92 Å². The zero-order valence-corrected chi connectivity index (χ0v) is 13.9. The van der Waals surface area contributed by atoms with Gasteiger partial charge in [-0.2, -0.15) is 4.98 Å². The SMILES string of the molecule is COc1ccc([N+](=O)[O-])c(N(Cc2cnc(C)s2)CC2CC2)n1. The lowest BCUT2D eigenvalue weighted by Crippen LogP contribution is -2.26. The van der Waals surface area contributed by atoms with E-state index in [1.807, 2.05) is 18.0 Å². The van der Waals surface area contributed by atoms with Crippen molar-refractivity contribution in [3.05, 3.63) is 38.3 Å². The number of pyridine rings is 1. The number of rotatable bonds is 7. The highest BCUT2D eigenvalue weighted by molar-refractivity contribution is 7.11. The summed E-state index contributed by atoms with van der Waals surface area (Å²) in [7, 11) is 1.51. The fourth-order valence-corrected chi connectivity index (χ4v) is 3.23. The molecule has 0 saturated heterocycles. The lowest BCUT2D eigenvalue weighted by atomic mass is 10.3. The molecule has 7 nitrogen and oxygen atoms in total. The largest absolute Gasteiger partial charge is 0.481 e. The molecule has 0 atom stereocenters. The number of aromatic nitrogens is 2. The van der Waals surface area contributed by atoms with Crippen LogP contribution in [0.4, 0.5) is 11.5 Å². The molecule has 0 unspecified atom stereocenters. The summed E-state index contributed by atoms with van der Waals surface area (Å²) < 4.78 is 5.14. The predicted molar refractivity (Wildman–Crippen MR) is 88.1 cm³/mol. The third-order valence-electron chi connectivity index (χ3n) is 3.73. The first-order valence-corrected chi connectivity index (χ1v) is 8.24. The van der Waals surface area contributed by atoms with Crippen molar-refractivity contribution in [1.29, 1.82) is 0 Å². The summed E-state index contributed by atoms with van der Waals surface area (Å²) in [5, 5.41) is 12.4. The van der Waals surface area contributed by atoms with E-state index in [9.17, 15) is 10.1 Å². The summed E-state index contributed by atoms with van der Waals surface area (Å²) in [6.07, 6.45) is 4.15. The maximum absolute atomic E-state index is 11.4. The second kappa shape index (κ2) is 6.49. The Balaban J connectivity index is 1.95. The Morgan fingerprint density at radius 1 is 1.48 bits per heavy atom. The maximum Gasteiger partial charge on any atom is 0.311 e. The first kappa shape index (κ1) is 15.7. The molecule has 3 rings (SSSR count). The quantitative estimate of drug-likeness (QED) is 0.571. The Morgan fingerprint density at radius 3 is 2.83 bits per heavy atom. The van der Waals surface area contributed by atoms with E-state index in [2.05, 4.69) is 9.97 Å². The van der Waals surface area contributed by atoms with Crippen LogP contribution in [0.5, 0.6) is 5.88 Å². The Morgan fingerprint density at radius 2 is 2.26 bits per heavy atom. The molecule has 0 spiro atoms. The van der Waals surface area contributed by atoms with Gasteiger partial charge in [-0.05, 0) is 25.7 Å². The van der Waals surface area contributed by atoms with Gasteiger partial charge in [0.05, 0.1) is 23.6 Å². The molecule has 2 heterocycles. The van der Waals surface area contributed by atoms with Crippen molar-refractivity contribution in [1.82, 2.24) is 9.97 Å². The van der Waals surface area contributed by atoms with E-state index in [0.29, 0.717) is 24.2 Å². The summed E-state index contributed by atoms with van der Waals surface area (Å²) in [6.45, 7) is 3.28. The van der Waals surface area contributed by atoms with Gasteiger partial charge in [-0.25, -0.2) is 4.98 Å². The van der Waals surface area contributed by atoms with Crippen LogP contribution in [-0.4, -0.2) is 28.5 Å². The number of methoxy groups -OCH3 is 1. The molecule has 2 aromatic heterocycles. The van der Waals surface area contributed by atoms with Gasteiger partial charge in [0, 0.05) is 29.8 Å². The van der Waals surface area contributed by atoms with Crippen molar-refractivity contribution in [3.8, 4) is 5.88 Å². The second-order valence-electron chi connectivity index (χ2n) is 5.62. The van der Waals surface area contributed by atoms with Crippen molar-refractivity contribution in [2.45, 2.75) is 26.3 Å². The van der Waals surface area contributed by atoms with Crippen LogP contribution < -0.4 is 9.64 Å². The van der Waals surface area contributed by atoms with E-state index < -0.39 is 0 Å². The normalized spacial score (nSPS) is 13.8. The van der Waals surface area contributed by atoms with Gasteiger partial charge < -0.3 is 9.64 Å². The number of ether oxygens (including phenoxy) is 1. The minimum Gasteiger partial charge on any atom is -0.481 e. The molecule has 0 aromatic carbocycles. The standard InChI is InChI=1S/C15H18N4O3S/c1-10-16-7-12(23-10)9-18(8-11-3-4-11)15-13(19(20)21)5-6-14(17-15)22-2/h5-7,11H,3-4,8-9H2,1-2H3. The summed E-state index contributed by atoms with van der Waals surface area (Å²) in [4.78, 5) is 22.6. The summed E-state index contributed by atoms with van der Waals surface area (Å²) in [5.41, 5.74) is 0.00712. The van der Waals surface area contributed by atoms with Crippen LogP contribution in [0.2, 0.25) is 0 Å². The van der Waals surface area contributed by atoms with Crippen molar-refractivity contribution in [2.75, 3.05) is 18.6 Å². The average Bonchev–Trinajstić information content (AvgIpc) is 3.26. The highest BCUT2D eigenvalue weighted by Crippen LogP contribution is 2.36. The molecule has 8 heteroatoms. The van der Waals surface area contributed by atoms with Crippen molar-refractivity contribution >= 4 is 22.8 Å². The third kappa shape index (κ3) is 3.76. The van der Waals surface area contributed by atoms with Gasteiger partial charge in [-0.1, -0.05) is 0 Å². The van der Waals surface area contributed by atoms with Gasteiger partial charge in [0.2, 0.25) is 11.7 Å². The van der Waals surface area contributed by atoms with E-state index in [1.54, 1.807) is 11.3 Å². The fraction of sp³-hybridized carbons (Fsp3) is 0.467. The molecule has 0 N–H and O–H groups in total. The van der Waals surface area contributed by atoms with E-state index in [4.69, 9.17) is 4.74 Å². The number of hydrogen-bond donors (Lipinski definition) is 0. The Labute approximate surface area is 138 Å². The molecule has 0 radical (unpaired) electrons. The van der Waals surface area contributed by atoms with Crippen molar-refractivity contribution in [3.63, 3.8) is 0 Å². The zero-order chi connectivity index (χ0) is 16.4. The highest BCUT2D eigenvalue weighted by atomic mass is 32.1. The smallest absolute Gasteiger partial charge is 0.311 e. The lowest BCUT2D eigenvalue weighted by molar-refractivity contribution is -0.384. The average molecular weight is 334 g/mol. The molecule has 23 heavy (non-hydrogen) atoms. The molecular formula is C15H18N4O3S. The second-order valence-corrected chi connectivity index (χ2v) is 6.94. The Hall–Kier alpha value is -2.22. The van der Waals surface area contributed by atoms with E-state index in [-0.39, 0.29) is 10.6 Å². The van der Waals surface area contributed by atoms with Gasteiger partial charge in [0.15, 0.2) is 0 Å². The summed E-state index contributed by atoms with van der Waals surface area (Å²) in [6, 6.07) is 2.98. The van der Waals surface area contributed by atoms with Gasteiger partial charge in [-0.3, -0.25) is 10.1 Å². The van der Waals surface area contributed by atoms with E-state index in [1.165, 1.54) is 19.2 Å². The molecule has 1 saturated carbocycles. The van der Waals surface area contributed by atoms with Crippen LogP contribution in [0.3, 0.4) is 0 Å². The third-order valence-corrected chi connectivity index (χ3v) is 4.62. The first-order valence-electron chi connectivity index (χ1n) is 7.42. The minimum absolute atomic E-state index is 0.00712. The number of aryl methyl sites for hydroxylation is 1. The topological polar surface area (TPSA) is 81.4 Å². The molecule has 1 fully saturated rings. The Kier molecular flexibility index (Phi) is 4.42. The van der Waals surface area contributed by atoms with Gasteiger partial charge in [0.1, 0.15) is 0 Å². The number of thiazole rings is 1. The number of anilines is 1. The van der Waals surface area contributed by atoms with Crippen LogP contribution in [-0.2, 0) is 6.54 Å². The van der Waals surface area contributed by atoms with Gasteiger partial charge in [0.25, 0.3) is 0 Å². The molecule has 1 aliphatic rings. The number of hydrogen-bond acceptors (Lipinski definition) is 7. The summed E-state index contributed by atoms with van der Waals surface area (Å²) >= 11 is 1.60. The van der Waals surface area contributed by atoms with Crippen LogP contribution in [0.25, 0.3) is 0 Å². The van der Waals surface area contributed by atoms with Gasteiger partial charge >= 0.3 is 5.69 Å². The molecule has 0 aliphatic heterocycles. The highest BCUT2D eigenvalue weighted by Gasteiger charge is 2.29. The van der Waals surface area contributed by atoms with E-state index in [0.717, 1.165) is 29.3 Å². The Bertz CT molecular complexity index is 714. The van der Waals surface area contributed by atoms with E-state index >= 15 is 0 Å². The van der Waals surface area contributed by atoms with Crippen LogP contribution >= 0.6 is 11.3 Å². The van der Waals surface area contributed by atoms with Gasteiger partial charge in [-0.15, -0.1) is 11.3 Å². The fourth-order valence-electron chi connectivity index (χ4n) is 2.42. The van der Waals surface area contributed by atoms with Crippen LogP contribution in [0.15, 0.2) is 18.3 Å². The first-order chi connectivity index (χ1) is 11.1. The summed E-state index contributed by atoms with van der Waals surface area (Å²) in [5.74, 6) is 1.33. The lowest BCUT2D eigenvalue weighted by Gasteiger charge is -2.23. The number of nitrogens with zero attached hydrogens (tertiary/aromatic N) is 4. The van der Waals surface area contributed by atoms with Crippen LogP contribution in [0.1, 0.15) is 22.7 Å². The maximum atomic E-state index is 11.4. The molecular weight excluding hydrogens is 316 g/mol. The molecule has 2 aromatic rings.